The second-order valence-corrected chi connectivity index (χ2v) is 9.15. The number of aromatic nitrogens is 6. The number of aliphatic hydroxyl groups is 6. The molecule has 2 aliphatic rings. The van der Waals surface area contributed by atoms with E-state index in [-0.39, 0.29) is 31.6 Å². The molecule has 21 heteroatoms. The number of aliphatic imine (C=N–C) groups is 2. The molecular weight excluding hydrogens is 540 g/mol. The molecule has 0 aliphatic carbocycles. The zero-order valence-corrected chi connectivity index (χ0v) is 20.9. The molecule has 4 rings (SSSR count). The molecule has 0 radical (unpaired) electrons. The molecule has 222 valence electrons. The molecule has 0 saturated carbocycles. The summed E-state index contributed by atoms with van der Waals surface area (Å²) in [6, 6.07) is 0. The number of rotatable bonds is 10. The van der Waals surface area contributed by atoms with Gasteiger partial charge < -0.3 is 67.8 Å². The lowest BCUT2D eigenvalue weighted by Crippen LogP contribution is -2.62. The number of ether oxygens (including phenoxy) is 3. The third kappa shape index (κ3) is 6.11. The molecule has 2 aliphatic heterocycles. The molecule has 0 aromatic carbocycles. The van der Waals surface area contributed by atoms with Gasteiger partial charge in [0.1, 0.15) is 54.6 Å². The van der Waals surface area contributed by atoms with Gasteiger partial charge in [0.2, 0.25) is 5.79 Å². The van der Waals surface area contributed by atoms with E-state index in [0.717, 1.165) is 4.68 Å². The van der Waals surface area contributed by atoms with Crippen molar-refractivity contribution in [1.82, 2.24) is 30.0 Å². The molecule has 2 saturated heterocycles. The normalized spacial score (nSPS) is 34.0. The van der Waals surface area contributed by atoms with Gasteiger partial charge in [-0.1, -0.05) is 10.4 Å². The van der Waals surface area contributed by atoms with E-state index in [0.29, 0.717) is 11.4 Å². The summed E-state index contributed by atoms with van der Waals surface area (Å²) < 4.78 is 19.3. The monoisotopic (exact) mass is 572 g/mol. The zero-order valence-electron chi connectivity index (χ0n) is 20.9. The fraction of sp³-hybridized carbons (Fsp3) is 0.684. The van der Waals surface area contributed by atoms with Gasteiger partial charge in [-0.2, -0.15) is 0 Å². The topological polar surface area (TPSA) is 339 Å². The molecule has 4 heterocycles. The van der Waals surface area contributed by atoms with Crippen LogP contribution in [0, 0.1) is 0 Å². The standard InChI is InChI=1S/C19H32N12O9/c20-17(21)24-1-7-3-30(28-26-7)5-9-10(33)11(34)12(35)16(38-9)40-19(6-32)14(37)13(36)15(39-19)31-4-8(27-29-31)2-25-18(22)23/h3-4,9-16,32-37H,1-2,5-6H2,(H4,20,21,24)(H4,22,23,25)/t9-,10-,11+,12-,13+,14+,15+,16-,19+/m1/s1. The molecule has 2 aromatic rings. The first-order chi connectivity index (χ1) is 18.9. The Kier molecular flexibility index (Phi) is 8.77. The Morgan fingerprint density at radius 3 is 2.15 bits per heavy atom. The minimum atomic E-state index is -2.35. The summed E-state index contributed by atoms with van der Waals surface area (Å²) >= 11 is 0. The van der Waals surface area contributed by atoms with Crippen molar-refractivity contribution in [2.75, 3.05) is 6.61 Å². The highest BCUT2D eigenvalue weighted by Crippen LogP contribution is 2.40. The first-order valence-corrected chi connectivity index (χ1v) is 11.9. The lowest BCUT2D eigenvalue weighted by atomic mass is 9.98. The van der Waals surface area contributed by atoms with Crippen LogP contribution in [0.25, 0.3) is 0 Å². The summed E-state index contributed by atoms with van der Waals surface area (Å²) in [6.45, 7) is -1.17. The van der Waals surface area contributed by atoms with Crippen LogP contribution >= 0.6 is 0 Å². The second kappa shape index (κ2) is 11.9. The maximum atomic E-state index is 10.8. The highest BCUT2D eigenvalue weighted by Gasteiger charge is 2.59. The van der Waals surface area contributed by atoms with E-state index in [1.54, 1.807) is 0 Å². The summed E-state index contributed by atoms with van der Waals surface area (Å²) in [5.74, 6) is -2.68. The number of guanidine groups is 2. The molecule has 0 amide bonds. The van der Waals surface area contributed by atoms with Crippen LogP contribution in [-0.4, -0.2) is 128 Å². The molecule has 21 nitrogen and oxygen atoms in total. The summed E-state index contributed by atoms with van der Waals surface area (Å²) in [7, 11) is 0. The Morgan fingerprint density at radius 2 is 1.52 bits per heavy atom. The van der Waals surface area contributed by atoms with E-state index >= 15 is 0 Å². The average molecular weight is 573 g/mol. The Bertz CT molecular complexity index is 1200. The van der Waals surface area contributed by atoms with Crippen LogP contribution in [-0.2, 0) is 33.8 Å². The molecular formula is C19H32N12O9. The number of nitrogens with zero attached hydrogens (tertiary/aromatic N) is 8. The Balaban J connectivity index is 1.49. The molecule has 40 heavy (non-hydrogen) atoms. The number of hydrogen-bond acceptors (Lipinski definition) is 15. The van der Waals surface area contributed by atoms with Gasteiger partial charge in [-0.25, -0.2) is 19.3 Å². The minimum Gasteiger partial charge on any atom is -0.391 e. The van der Waals surface area contributed by atoms with Gasteiger partial charge in [0.15, 0.2) is 24.4 Å². The Morgan fingerprint density at radius 1 is 0.900 bits per heavy atom. The predicted octanol–water partition coefficient (Wildman–Crippen LogP) is -7.12. The maximum absolute atomic E-state index is 10.8. The molecule has 9 atom stereocenters. The molecule has 14 N–H and O–H groups in total. The van der Waals surface area contributed by atoms with E-state index < -0.39 is 61.5 Å². The van der Waals surface area contributed by atoms with Crippen molar-refractivity contribution < 1.29 is 44.8 Å². The highest BCUT2D eigenvalue weighted by atomic mass is 16.8. The van der Waals surface area contributed by atoms with E-state index in [9.17, 15) is 30.6 Å². The van der Waals surface area contributed by atoms with Crippen molar-refractivity contribution in [2.45, 2.75) is 74.6 Å². The first kappa shape index (κ1) is 29.4. The maximum Gasteiger partial charge on any atom is 0.225 e. The lowest BCUT2D eigenvalue weighted by Gasteiger charge is -2.43. The molecule has 2 fully saturated rings. The Hall–Kier alpha value is -3.54. The van der Waals surface area contributed by atoms with Crippen LogP contribution in [0.5, 0.6) is 0 Å². The summed E-state index contributed by atoms with van der Waals surface area (Å²) in [5, 5.41) is 78.5. The van der Waals surface area contributed by atoms with Crippen molar-refractivity contribution in [3.05, 3.63) is 23.8 Å². The summed E-state index contributed by atoms with van der Waals surface area (Å²) in [4.78, 5) is 7.60. The fourth-order valence-corrected chi connectivity index (χ4v) is 4.14. The smallest absolute Gasteiger partial charge is 0.225 e. The van der Waals surface area contributed by atoms with Gasteiger partial charge in [-0.15, -0.1) is 10.2 Å². The van der Waals surface area contributed by atoms with Gasteiger partial charge in [0, 0.05) is 0 Å². The minimum absolute atomic E-state index is 0.0272. The van der Waals surface area contributed by atoms with Crippen LogP contribution in [0.15, 0.2) is 22.4 Å². The lowest BCUT2D eigenvalue weighted by molar-refractivity contribution is -0.385. The SMILES string of the molecule is NC(N)=NCc1cn(C[C@H]2O[C@H](O[C@]3(CO)O[C@H](n4cc(CN=C(N)N)nn4)[C@@H](O)[C@@H]3O)[C@H](O)[C@@H](O)[C@@H]2O)nn1. The van der Waals surface area contributed by atoms with Crippen molar-refractivity contribution in [3.63, 3.8) is 0 Å². The fourth-order valence-electron chi connectivity index (χ4n) is 4.14. The van der Waals surface area contributed by atoms with Crippen LogP contribution < -0.4 is 22.9 Å². The van der Waals surface area contributed by atoms with Gasteiger partial charge in [-0.05, 0) is 0 Å². The van der Waals surface area contributed by atoms with Crippen molar-refractivity contribution in [1.29, 1.82) is 0 Å². The van der Waals surface area contributed by atoms with Crippen LogP contribution in [0.3, 0.4) is 0 Å². The molecule has 0 spiro atoms. The van der Waals surface area contributed by atoms with E-state index in [1.807, 2.05) is 0 Å². The van der Waals surface area contributed by atoms with Gasteiger partial charge >= 0.3 is 0 Å². The third-order valence-electron chi connectivity index (χ3n) is 6.21. The predicted molar refractivity (Wildman–Crippen MR) is 129 cm³/mol. The first-order valence-electron chi connectivity index (χ1n) is 11.9. The zero-order chi connectivity index (χ0) is 29.2. The summed E-state index contributed by atoms with van der Waals surface area (Å²) in [5.41, 5.74) is 21.9. The van der Waals surface area contributed by atoms with E-state index in [4.69, 9.17) is 37.1 Å². The largest absolute Gasteiger partial charge is 0.391 e. The summed E-state index contributed by atoms with van der Waals surface area (Å²) in [6.07, 6.45) is -10.4. The van der Waals surface area contributed by atoms with Crippen LogP contribution in [0.2, 0.25) is 0 Å². The van der Waals surface area contributed by atoms with Gasteiger partial charge in [0.05, 0.1) is 32.0 Å². The van der Waals surface area contributed by atoms with E-state index in [2.05, 4.69) is 30.6 Å². The van der Waals surface area contributed by atoms with Crippen LogP contribution in [0.4, 0.5) is 0 Å². The highest BCUT2D eigenvalue weighted by molar-refractivity contribution is 5.75. The molecule has 0 unspecified atom stereocenters. The van der Waals surface area contributed by atoms with Gasteiger partial charge in [-0.3, -0.25) is 0 Å². The van der Waals surface area contributed by atoms with Crippen molar-refractivity contribution >= 4 is 11.9 Å². The van der Waals surface area contributed by atoms with E-state index in [1.165, 1.54) is 17.1 Å². The molecule has 0 bridgehead atoms. The van der Waals surface area contributed by atoms with Crippen LogP contribution in [0.1, 0.15) is 17.6 Å². The quantitative estimate of drug-likeness (QED) is 0.0933. The third-order valence-corrected chi connectivity index (χ3v) is 6.21. The Labute approximate surface area is 225 Å². The second-order valence-electron chi connectivity index (χ2n) is 9.15. The molecule has 2 aromatic heterocycles. The van der Waals surface area contributed by atoms with Crippen molar-refractivity contribution in [2.24, 2.45) is 32.9 Å². The number of aliphatic hydroxyl groups excluding tert-OH is 6. The number of hydrogen-bond donors (Lipinski definition) is 10. The van der Waals surface area contributed by atoms with Gasteiger partial charge in [0.25, 0.3) is 0 Å². The number of nitrogens with two attached hydrogens (primary N) is 4. The van der Waals surface area contributed by atoms with Crippen molar-refractivity contribution in [3.8, 4) is 0 Å². The average Bonchev–Trinajstić information content (AvgIpc) is 3.63.